The van der Waals surface area contributed by atoms with E-state index in [1.54, 1.807) is 0 Å². The second kappa shape index (κ2) is 9.64. The van der Waals surface area contributed by atoms with E-state index in [9.17, 15) is 9.59 Å². The summed E-state index contributed by atoms with van der Waals surface area (Å²) < 4.78 is 12.8. The average molecular weight is 506 g/mol. The molecule has 2 amide bonds. The largest absolute Gasteiger partial charge is 0.443 e. The zero-order valence-electron chi connectivity index (χ0n) is 22.6. The monoisotopic (exact) mass is 505 g/mol. The van der Waals surface area contributed by atoms with Crippen molar-refractivity contribution in [2.75, 3.05) is 6.54 Å². The van der Waals surface area contributed by atoms with Gasteiger partial charge in [0, 0.05) is 12.1 Å². The Morgan fingerprint density at radius 1 is 0.917 bits per heavy atom. The van der Waals surface area contributed by atoms with E-state index >= 15 is 0 Å². The molecule has 0 spiro atoms. The van der Waals surface area contributed by atoms with Gasteiger partial charge < -0.3 is 9.16 Å². The van der Waals surface area contributed by atoms with E-state index in [2.05, 4.69) is 76.2 Å². The van der Waals surface area contributed by atoms with Crippen LogP contribution in [-0.2, 0) is 14.0 Å². The second-order valence-electron chi connectivity index (χ2n) is 12.2. The number of nitrogens with zero attached hydrogens (tertiary/aromatic N) is 1. The van der Waals surface area contributed by atoms with Crippen molar-refractivity contribution >= 4 is 30.7 Å². The maximum absolute atomic E-state index is 13.4. The van der Waals surface area contributed by atoms with Gasteiger partial charge in [0.15, 0.2) is 0 Å². The first-order chi connectivity index (χ1) is 16.8. The van der Waals surface area contributed by atoms with Crippen LogP contribution in [0.3, 0.4) is 0 Å². The molecular weight excluding hydrogens is 466 g/mol. The van der Waals surface area contributed by atoms with E-state index in [-0.39, 0.29) is 28.9 Å². The van der Waals surface area contributed by atoms with Crippen LogP contribution in [0.5, 0.6) is 0 Å². The quantitative estimate of drug-likeness (QED) is 0.530. The third kappa shape index (κ3) is 4.93. The smallest absolute Gasteiger partial charge is 0.417 e. The zero-order valence-corrected chi connectivity index (χ0v) is 23.6. The Bertz CT molecular complexity index is 1090. The van der Waals surface area contributed by atoms with E-state index in [1.807, 2.05) is 39.0 Å². The van der Waals surface area contributed by atoms with Gasteiger partial charge in [0.25, 0.3) is 14.2 Å². The lowest BCUT2D eigenvalue weighted by molar-refractivity contribution is -0.129. The molecule has 2 aromatic rings. The standard InChI is InChI=1S/C30H39NO4Si/c1-21-20-31(28(33)34-29(2,3)4)27(32)26-19-22(18-25(21)26)35-36(30(5,6)7,23-14-10-8-11-15-23)24-16-12-9-13-17-24/h8-17,19,21-22,25H,18,20H2,1-7H3/t21-,22-,25-/m0/s1. The molecule has 6 heteroatoms. The number of amides is 2. The number of likely N-dealkylation sites (tertiary alicyclic amines) is 1. The molecular formula is C30H39NO4Si. The molecule has 36 heavy (non-hydrogen) atoms. The fourth-order valence-electron chi connectivity index (χ4n) is 5.67. The molecule has 0 radical (unpaired) electrons. The molecule has 1 saturated heterocycles. The second-order valence-corrected chi connectivity index (χ2v) is 16.4. The highest BCUT2D eigenvalue weighted by Gasteiger charge is 2.53. The molecule has 0 saturated carbocycles. The highest BCUT2D eigenvalue weighted by molar-refractivity contribution is 6.99. The predicted octanol–water partition coefficient (Wildman–Crippen LogP) is 5.29. The zero-order chi connectivity index (χ0) is 26.3. The minimum Gasteiger partial charge on any atom is -0.443 e. The van der Waals surface area contributed by atoms with Crippen LogP contribution in [0, 0.1) is 11.8 Å². The lowest BCUT2D eigenvalue weighted by Crippen LogP contribution is -2.67. The van der Waals surface area contributed by atoms with Gasteiger partial charge >= 0.3 is 6.09 Å². The number of carbonyl (C=O) groups is 2. The van der Waals surface area contributed by atoms with Crippen molar-refractivity contribution in [2.24, 2.45) is 11.8 Å². The maximum atomic E-state index is 13.4. The number of piperidine rings is 1. The Balaban J connectivity index is 1.72. The number of fused-ring (bicyclic) bond motifs is 1. The van der Waals surface area contributed by atoms with Crippen molar-refractivity contribution in [1.82, 2.24) is 4.90 Å². The lowest BCUT2D eigenvalue weighted by Gasteiger charge is -2.44. The Kier molecular flexibility index (Phi) is 7.06. The molecule has 5 nitrogen and oxygen atoms in total. The van der Waals surface area contributed by atoms with Gasteiger partial charge in [0.1, 0.15) is 5.60 Å². The summed E-state index contributed by atoms with van der Waals surface area (Å²) in [5.41, 5.74) is 0.0266. The van der Waals surface area contributed by atoms with E-state index in [1.165, 1.54) is 15.3 Å². The summed E-state index contributed by atoms with van der Waals surface area (Å²) in [6.45, 7) is 14.7. The first kappa shape index (κ1) is 26.4. The minimum atomic E-state index is -2.75. The summed E-state index contributed by atoms with van der Waals surface area (Å²) in [4.78, 5) is 27.5. The maximum Gasteiger partial charge on any atom is 0.417 e. The van der Waals surface area contributed by atoms with E-state index < -0.39 is 20.0 Å². The molecule has 0 N–H and O–H groups in total. The molecule has 1 aliphatic heterocycles. The van der Waals surface area contributed by atoms with Crippen molar-refractivity contribution in [2.45, 2.75) is 71.6 Å². The van der Waals surface area contributed by atoms with E-state index in [0.29, 0.717) is 12.1 Å². The average Bonchev–Trinajstić information content (AvgIpc) is 3.24. The Morgan fingerprint density at radius 3 is 1.92 bits per heavy atom. The van der Waals surface area contributed by atoms with Crippen LogP contribution in [0.1, 0.15) is 54.9 Å². The van der Waals surface area contributed by atoms with Crippen LogP contribution in [0.4, 0.5) is 4.79 Å². The number of ether oxygens (including phenoxy) is 1. The van der Waals surface area contributed by atoms with Gasteiger partial charge in [0.05, 0.1) is 6.10 Å². The summed E-state index contributed by atoms with van der Waals surface area (Å²) in [6.07, 6.45) is 1.95. The Labute approximate surface area is 216 Å². The molecule has 0 aromatic heterocycles. The lowest BCUT2D eigenvalue weighted by atomic mass is 9.84. The number of hydrogen-bond acceptors (Lipinski definition) is 4. The Morgan fingerprint density at radius 2 is 1.44 bits per heavy atom. The van der Waals surface area contributed by atoms with Crippen LogP contribution in [-0.4, -0.2) is 43.5 Å². The molecule has 0 bridgehead atoms. The molecule has 3 atom stereocenters. The normalized spacial score (nSPS) is 22.8. The van der Waals surface area contributed by atoms with Crippen molar-refractivity contribution in [1.29, 1.82) is 0 Å². The highest BCUT2D eigenvalue weighted by Crippen LogP contribution is 2.43. The van der Waals surface area contributed by atoms with Crippen molar-refractivity contribution in [3.63, 3.8) is 0 Å². The molecule has 192 valence electrons. The summed E-state index contributed by atoms with van der Waals surface area (Å²) in [5.74, 6) is -0.0467. The third-order valence-electron chi connectivity index (χ3n) is 7.26. The van der Waals surface area contributed by atoms with E-state index in [4.69, 9.17) is 9.16 Å². The fourth-order valence-corrected chi connectivity index (χ4v) is 10.3. The number of carbonyl (C=O) groups excluding carboxylic acids is 2. The number of hydrogen-bond donors (Lipinski definition) is 0. The SMILES string of the molecule is C[C@H]1CN(C(=O)OC(C)(C)C)C(=O)C2=C[C@@H](O[Si](c3ccccc3)(c3ccccc3)C(C)(C)C)C[C@H]21. The summed E-state index contributed by atoms with van der Waals surface area (Å²) in [7, 11) is -2.75. The van der Waals surface area contributed by atoms with Gasteiger partial charge in [-0.25, -0.2) is 9.69 Å². The minimum absolute atomic E-state index is 0.0689. The topological polar surface area (TPSA) is 55.8 Å². The van der Waals surface area contributed by atoms with Crippen LogP contribution >= 0.6 is 0 Å². The number of imide groups is 1. The van der Waals surface area contributed by atoms with Crippen LogP contribution < -0.4 is 10.4 Å². The Hall–Kier alpha value is -2.70. The molecule has 1 aliphatic carbocycles. The summed E-state index contributed by atoms with van der Waals surface area (Å²) in [6, 6.07) is 21.1. The van der Waals surface area contributed by atoms with Crippen molar-refractivity contribution in [3.05, 3.63) is 72.3 Å². The molecule has 2 aromatic carbocycles. The summed E-state index contributed by atoms with van der Waals surface area (Å²) >= 11 is 0. The first-order valence-electron chi connectivity index (χ1n) is 12.9. The van der Waals surface area contributed by atoms with Crippen molar-refractivity contribution < 1.29 is 18.8 Å². The molecule has 0 unspecified atom stereocenters. The van der Waals surface area contributed by atoms with Crippen LogP contribution in [0.2, 0.25) is 5.04 Å². The molecule has 4 rings (SSSR count). The number of rotatable bonds is 4. The van der Waals surface area contributed by atoms with Gasteiger partial charge in [-0.1, -0.05) is 88.4 Å². The number of benzene rings is 2. The molecule has 2 aliphatic rings. The van der Waals surface area contributed by atoms with Gasteiger partial charge in [0.2, 0.25) is 0 Å². The predicted molar refractivity (Wildman–Crippen MR) is 146 cm³/mol. The van der Waals surface area contributed by atoms with Gasteiger partial charge in [-0.3, -0.25) is 4.79 Å². The van der Waals surface area contributed by atoms with Crippen LogP contribution in [0.15, 0.2) is 72.3 Å². The van der Waals surface area contributed by atoms with Gasteiger partial charge in [-0.15, -0.1) is 0 Å². The molecule has 1 fully saturated rings. The van der Waals surface area contributed by atoms with E-state index in [0.717, 1.165) is 6.42 Å². The first-order valence-corrected chi connectivity index (χ1v) is 14.8. The van der Waals surface area contributed by atoms with Gasteiger partial charge in [-0.05, 0) is 60.5 Å². The summed E-state index contributed by atoms with van der Waals surface area (Å²) in [5, 5.41) is 2.28. The third-order valence-corrected chi connectivity index (χ3v) is 12.3. The molecule has 1 heterocycles. The van der Waals surface area contributed by atoms with Gasteiger partial charge in [-0.2, -0.15) is 0 Å². The van der Waals surface area contributed by atoms with Crippen molar-refractivity contribution in [3.8, 4) is 0 Å². The fraction of sp³-hybridized carbons (Fsp3) is 0.467. The van der Waals surface area contributed by atoms with Crippen LogP contribution in [0.25, 0.3) is 0 Å². The highest BCUT2D eigenvalue weighted by atomic mass is 28.4.